The van der Waals surface area contributed by atoms with Crippen molar-refractivity contribution in [2.24, 2.45) is 0 Å². The number of nitrogens with zero attached hydrogens (tertiary/aromatic N) is 3. The van der Waals surface area contributed by atoms with Gasteiger partial charge in [0.25, 0.3) is 0 Å². The maximum absolute atomic E-state index is 5.70. The molecule has 5 nitrogen and oxygen atoms in total. The van der Waals surface area contributed by atoms with Crippen molar-refractivity contribution < 1.29 is 9.47 Å². The Balaban J connectivity index is 1.95. The van der Waals surface area contributed by atoms with Gasteiger partial charge in [-0.25, -0.2) is 4.98 Å². The van der Waals surface area contributed by atoms with E-state index >= 15 is 0 Å². The lowest BCUT2D eigenvalue weighted by Crippen LogP contribution is -2.00. The lowest BCUT2D eigenvalue weighted by atomic mass is 10.0. The molecule has 0 fully saturated rings. The maximum Gasteiger partial charge on any atom is 0.209 e. The van der Waals surface area contributed by atoms with E-state index < -0.39 is 0 Å². The van der Waals surface area contributed by atoms with E-state index in [1.54, 1.807) is 11.8 Å². The van der Waals surface area contributed by atoms with Crippen LogP contribution in [0.15, 0.2) is 53.7 Å². The van der Waals surface area contributed by atoms with Crippen LogP contribution in [0, 0.1) is 0 Å². The fourth-order valence-electron chi connectivity index (χ4n) is 2.75. The maximum atomic E-state index is 5.70. The highest BCUT2D eigenvalue weighted by Crippen LogP contribution is 2.31. The van der Waals surface area contributed by atoms with Crippen LogP contribution in [0.1, 0.15) is 33.6 Å². The summed E-state index contributed by atoms with van der Waals surface area (Å²) in [5.74, 6) is 2.61. The third kappa shape index (κ3) is 5.70. The number of hydrogen-bond acceptors (Lipinski definition) is 6. The predicted octanol–water partition coefficient (Wildman–Crippen LogP) is 5.90. The van der Waals surface area contributed by atoms with Crippen LogP contribution in [0.4, 0.5) is 0 Å². The minimum atomic E-state index is 0.681. The van der Waals surface area contributed by atoms with Crippen LogP contribution in [0.25, 0.3) is 22.5 Å². The van der Waals surface area contributed by atoms with Gasteiger partial charge in [-0.1, -0.05) is 32.5 Å². The van der Waals surface area contributed by atoms with Gasteiger partial charge in [-0.15, -0.1) is 10.2 Å². The van der Waals surface area contributed by atoms with Gasteiger partial charge in [-0.3, -0.25) is 0 Å². The zero-order valence-corrected chi connectivity index (χ0v) is 18.0. The summed E-state index contributed by atoms with van der Waals surface area (Å²) in [6.07, 6.45) is 1.97. The molecule has 0 aliphatic rings. The van der Waals surface area contributed by atoms with Gasteiger partial charge in [0.05, 0.1) is 13.2 Å². The van der Waals surface area contributed by atoms with Gasteiger partial charge in [-0.2, -0.15) is 0 Å². The molecule has 0 unspecified atom stereocenters. The molecule has 0 aliphatic heterocycles. The highest BCUT2D eigenvalue weighted by Gasteiger charge is 2.14. The van der Waals surface area contributed by atoms with Crippen molar-refractivity contribution in [2.75, 3.05) is 19.0 Å². The number of hydrogen-bond donors (Lipinski definition) is 0. The van der Waals surface area contributed by atoms with E-state index in [0.29, 0.717) is 18.4 Å². The van der Waals surface area contributed by atoms with Gasteiger partial charge < -0.3 is 9.47 Å². The van der Waals surface area contributed by atoms with Gasteiger partial charge in [-0.05, 0) is 67.1 Å². The Bertz CT molecular complexity index is 899. The van der Waals surface area contributed by atoms with Gasteiger partial charge in [0.1, 0.15) is 22.9 Å². The molecular weight excluding hydrogens is 382 g/mol. The summed E-state index contributed by atoms with van der Waals surface area (Å²) in [7, 11) is 0. The van der Waals surface area contributed by atoms with E-state index in [9.17, 15) is 0 Å². The van der Waals surface area contributed by atoms with Crippen molar-refractivity contribution in [3.8, 4) is 34.0 Å². The van der Waals surface area contributed by atoms with Crippen molar-refractivity contribution in [1.29, 1.82) is 0 Å². The lowest BCUT2D eigenvalue weighted by molar-refractivity contribution is 0.317. The second-order valence-electron chi connectivity index (χ2n) is 6.47. The first-order valence-corrected chi connectivity index (χ1v) is 11.1. The zero-order chi connectivity index (χ0) is 20.5. The molecule has 152 valence electrons. The Kier molecular flexibility index (Phi) is 7.87. The Hall–Kier alpha value is -2.60. The van der Waals surface area contributed by atoms with Crippen LogP contribution in [0.2, 0.25) is 0 Å². The summed E-state index contributed by atoms with van der Waals surface area (Å²) in [6, 6.07) is 15.9. The van der Waals surface area contributed by atoms with Crippen molar-refractivity contribution in [1.82, 2.24) is 15.2 Å². The summed E-state index contributed by atoms with van der Waals surface area (Å²) >= 11 is 1.58. The van der Waals surface area contributed by atoms with E-state index in [-0.39, 0.29) is 0 Å². The quantitative estimate of drug-likeness (QED) is 0.389. The van der Waals surface area contributed by atoms with Gasteiger partial charge >= 0.3 is 0 Å². The van der Waals surface area contributed by atoms with Gasteiger partial charge in [0.15, 0.2) is 0 Å². The molecule has 0 saturated carbocycles. The summed E-state index contributed by atoms with van der Waals surface area (Å²) in [6.45, 7) is 7.69. The molecule has 1 aromatic heterocycles. The van der Waals surface area contributed by atoms with Crippen molar-refractivity contribution in [3.63, 3.8) is 0 Å². The lowest BCUT2D eigenvalue weighted by Gasteiger charge is -2.11. The highest BCUT2D eigenvalue weighted by molar-refractivity contribution is 7.99. The molecule has 29 heavy (non-hydrogen) atoms. The molecule has 0 bridgehead atoms. The van der Waals surface area contributed by atoms with Crippen LogP contribution in [0.3, 0.4) is 0 Å². The smallest absolute Gasteiger partial charge is 0.209 e. The summed E-state index contributed by atoms with van der Waals surface area (Å²) in [5.41, 5.74) is 3.53. The molecule has 0 N–H and O–H groups in total. The molecule has 1 heterocycles. The molecule has 3 rings (SSSR count). The average molecular weight is 410 g/mol. The van der Waals surface area contributed by atoms with Crippen LogP contribution >= 0.6 is 11.8 Å². The number of aromatic nitrogens is 3. The third-order valence-electron chi connectivity index (χ3n) is 4.14. The van der Waals surface area contributed by atoms with Crippen molar-refractivity contribution in [3.05, 3.63) is 48.5 Å². The minimum Gasteiger partial charge on any atom is -0.494 e. The van der Waals surface area contributed by atoms with Crippen LogP contribution < -0.4 is 9.47 Å². The average Bonchev–Trinajstić information content (AvgIpc) is 2.77. The van der Waals surface area contributed by atoms with Crippen LogP contribution in [-0.2, 0) is 0 Å². The monoisotopic (exact) mass is 409 g/mol. The first-order chi connectivity index (χ1) is 14.2. The largest absolute Gasteiger partial charge is 0.494 e. The Morgan fingerprint density at radius 1 is 0.690 bits per heavy atom. The normalized spacial score (nSPS) is 10.7. The van der Waals surface area contributed by atoms with E-state index in [1.165, 1.54) is 0 Å². The SMILES string of the molecule is CCCOc1ccc(-c2nnc(SCC)nc2-c2ccc(OCCC)cc2)cc1. The Morgan fingerprint density at radius 2 is 1.21 bits per heavy atom. The van der Waals surface area contributed by atoms with Gasteiger partial charge in [0, 0.05) is 11.1 Å². The topological polar surface area (TPSA) is 57.1 Å². The van der Waals surface area contributed by atoms with E-state index in [1.807, 2.05) is 48.5 Å². The molecule has 6 heteroatoms. The Labute approximate surface area is 176 Å². The molecule has 0 amide bonds. The van der Waals surface area contributed by atoms with Gasteiger partial charge in [0.2, 0.25) is 5.16 Å². The fourth-order valence-corrected chi connectivity index (χ4v) is 3.27. The number of thioether (sulfide) groups is 1. The first-order valence-electron chi connectivity index (χ1n) is 10.1. The molecule has 0 saturated heterocycles. The summed E-state index contributed by atoms with van der Waals surface area (Å²) in [5, 5.41) is 9.49. The molecule has 0 aliphatic carbocycles. The molecule has 0 spiro atoms. The standard InChI is InChI=1S/C23H27N3O2S/c1-4-15-27-19-11-7-17(8-12-19)21-22(25-26-23(24-21)29-6-3)18-9-13-20(14-10-18)28-16-5-2/h7-14H,4-6,15-16H2,1-3H3. The number of benzene rings is 2. The molecule has 2 aromatic carbocycles. The Morgan fingerprint density at radius 3 is 1.69 bits per heavy atom. The van der Waals surface area contributed by atoms with Crippen LogP contribution in [-0.4, -0.2) is 34.1 Å². The predicted molar refractivity (Wildman–Crippen MR) is 119 cm³/mol. The number of ether oxygens (including phenoxy) is 2. The van der Waals surface area contributed by atoms with Crippen molar-refractivity contribution in [2.45, 2.75) is 38.8 Å². The minimum absolute atomic E-state index is 0.681. The zero-order valence-electron chi connectivity index (χ0n) is 17.2. The molecule has 0 atom stereocenters. The van der Waals surface area contributed by atoms with E-state index in [4.69, 9.17) is 14.5 Å². The number of rotatable bonds is 10. The summed E-state index contributed by atoms with van der Waals surface area (Å²) < 4.78 is 11.4. The first kappa shape index (κ1) is 21.1. The molecule has 3 aromatic rings. The third-order valence-corrected chi connectivity index (χ3v) is 4.86. The molecular formula is C23H27N3O2S. The van der Waals surface area contributed by atoms with Crippen LogP contribution in [0.5, 0.6) is 11.5 Å². The fraction of sp³-hybridized carbons (Fsp3) is 0.348. The highest BCUT2D eigenvalue weighted by atomic mass is 32.2. The van der Waals surface area contributed by atoms with E-state index in [0.717, 1.165) is 52.6 Å². The van der Waals surface area contributed by atoms with Crippen molar-refractivity contribution >= 4 is 11.8 Å². The molecule has 0 radical (unpaired) electrons. The van der Waals surface area contributed by atoms with E-state index in [2.05, 4.69) is 31.0 Å². The summed E-state index contributed by atoms with van der Waals surface area (Å²) in [4.78, 5) is 4.79. The second-order valence-corrected chi connectivity index (χ2v) is 7.70. The second kappa shape index (κ2) is 10.8.